The first-order chi connectivity index (χ1) is 11.8. The molecule has 0 amide bonds. The van der Waals surface area contributed by atoms with Crippen LogP contribution in [-0.2, 0) is 19.5 Å². The number of sulfonamides is 1. The molecule has 1 N–H and O–H groups in total. The van der Waals surface area contributed by atoms with E-state index < -0.39 is 22.0 Å². The zero-order chi connectivity index (χ0) is 18.6. The molecule has 146 valence electrons. The highest BCUT2D eigenvalue weighted by Gasteiger charge is 2.35. The van der Waals surface area contributed by atoms with Crippen molar-refractivity contribution in [2.75, 3.05) is 40.9 Å². The van der Waals surface area contributed by atoms with Crippen LogP contribution in [-0.4, -0.2) is 65.6 Å². The van der Waals surface area contributed by atoms with Gasteiger partial charge in [-0.15, -0.1) is 12.4 Å². The maximum atomic E-state index is 13.0. The van der Waals surface area contributed by atoms with Gasteiger partial charge in [-0.1, -0.05) is 0 Å². The maximum absolute atomic E-state index is 13.0. The number of nitrogens with zero attached hydrogens (tertiary/aromatic N) is 1. The molecule has 0 aliphatic carbocycles. The van der Waals surface area contributed by atoms with E-state index in [0.29, 0.717) is 19.6 Å². The zero-order valence-corrected chi connectivity index (χ0v) is 16.5. The molecule has 10 heteroatoms. The molecule has 1 aromatic rings. The van der Waals surface area contributed by atoms with Crippen LogP contribution in [0.2, 0.25) is 0 Å². The first kappa shape index (κ1) is 22.4. The lowest BCUT2D eigenvalue weighted by atomic mass is 10.1. The smallest absolute Gasteiger partial charge is 0.339 e. The van der Waals surface area contributed by atoms with E-state index in [-0.39, 0.29) is 34.3 Å². The van der Waals surface area contributed by atoms with Crippen LogP contribution in [0.3, 0.4) is 0 Å². The van der Waals surface area contributed by atoms with E-state index in [1.165, 1.54) is 36.7 Å². The lowest BCUT2D eigenvalue weighted by molar-refractivity contribution is 0.0583. The Morgan fingerprint density at radius 2 is 1.88 bits per heavy atom. The van der Waals surface area contributed by atoms with Crippen molar-refractivity contribution in [1.29, 1.82) is 0 Å². The topological polar surface area (TPSA) is 102 Å². The van der Waals surface area contributed by atoms with Gasteiger partial charge in [-0.3, -0.25) is 0 Å². The highest BCUT2D eigenvalue weighted by molar-refractivity contribution is 7.89. The third kappa shape index (κ3) is 4.53. The minimum atomic E-state index is -3.94. The average Bonchev–Trinajstić information content (AvgIpc) is 3.09. The Balaban J connectivity index is 0.00000338. The molecule has 1 fully saturated rings. The van der Waals surface area contributed by atoms with E-state index in [1.54, 1.807) is 0 Å². The summed E-state index contributed by atoms with van der Waals surface area (Å²) in [5.41, 5.74) is -0.0491. The van der Waals surface area contributed by atoms with Crippen molar-refractivity contribution in [3.63, 3.8) is 0 Å². The summed E-state index contributed by atoms with van der Waals surface area (Å²) >= 11 is 0. The van der Waals surface area contributed by atoms with Gasteiger partial charge in [-0.2, -0.15) is 4.31 Å². The van der Waals surface area contributed by atoms with Crippen LogP contribution in [0.25, 0.3) is 0 Å². The number of hydrogen-bond acceptors (Lipinski definition) is 7. The van der Waals surface area contributed by atoms with Gasteiger partial charge < -0.3 is 14.8 Å². The van der Waals surface area contributed by atoms with Crippen molar-refractivity contribution in [2.24, 2.45) is 5.92 Å². The Morgan fingerprint density at radius 3 is 2.46 bits per heavy atom. The number of benzene rings is 1. The summed E-state index contributed by atoms with van der Waals surface area (Å²) in [7, 11) is 0.243. The Kier molecular flexibility index (Phi) is 8.01. The summed E-state index contributed by atoms with van der Waals surface area (Å²) in [6.07, 6.45) is 0.727. The minimum Gasteiger partial charge on any atom is -0.465 e. The summed E-state index contributed by atoms with van der Waals surface area (Å²) in [6, 6.07) is 3.77. The highest BCUT2D eigenvalue weighted by Crippen LogP contribution is 2.27. The number of rotatable bonds is 6. The molecular weight excluding hydrogens is 384 g/mol. The van der Waals surface area contributed by atoms with E-state index in [4.69, 9.17) is 0 Å². The molecular formula is C16H23ClN2O6S. The number of hydrogen-bond donors (Lipinski definition) is 1. The second-order valence-corrected chi connectivity index (χ2v) is 7.68. The normalized spacial score (nSPS) is 17.4. The lowest BCUT2D eigenvalue weighted by Gasteiger charge is -2.19. The second-order valence-electron chi connectivity index (χ2n) is 5.77. The van der Waals surface area contributed by atoms with Gasteiger partial charge in [0.05, 0.1) is 30.2 Å². The molecule has 8 nitrogen and oxygen atoms in total. The van der Waals surface area contributed by atoms with Crippen LogP contribution in [0.1, 0.15) is 27.1 Å². The third-order valence-corrected chi connectivity index (χ3v) is 6.07. The molecule has 0 bridgehead atoms. The molecule has 1 atom stereocenters. The quantitative estimate of drug-likeness (QED) is 0.700. The fraction of sp³-hybridized carbons (Fsp3) is 0.500. The summed E-state index contributed by atoms with van der Waals surface area (Å²) in [4.78, 5) is 23.5. The molecule has 1 heterocycles. The summed E-state index contributed by atoms with van der Waals surface area (Å²) in [6.45, 7) is 1.42. The van der Waals surface area contributed by atoms with Crippen molar-refractivity contribution in [3.05, 3.63) is 29.3 Å². The molecule has 1 aliphatic rings. The Hall–Kier alpha value is -1.68. The van der Waals surface area contributed by atoms with Crippen LogP contribution in [0.5, 0.6) is 0 Å². The lowest BCUT2D eigenvalue weighted by Crippen LogP contribution is -2.31. The Labute approximate surface area is 159 Å². The molecule has 0 spiro atoms. The van der Waals surface area contributed by atoms with E-state index in [2.05, 4.69) is 14.8 Å². The fourth-order valence-electron chi connectivity index (χ4n) is 2.87. The first-order valence-corrected chi connectivity index (χ1v) is 9.24. The number of carbonyl (C=O) groups is 2. The van der Waals surface area contributed by atoms with Gasteiger partial charge in [0.25, 0.3) is 0 Å². The summed E-state index contributed by atoms with van der Waals surface area (Å²) < 4.78 is 36.7. The van der Waals surface area contributed by atoms with Crippen LogP contribution in [0.4, 0.5) is 0 Å². The van der Waals surface area contributed by atoms with E-state index in [1.807, 2.05) is 7.05 Å². The van der Waals surface area contributed by atoms with Crippen molar-refractivity contribution in [2.45, 2.75) is 11.3 Å². The van der Waals surface area contributed by atoms with Crippen molar-refractivity contribution in [3.8, 4) is 0 Å². The van der Waals surface area contributed by atoms with Crippen molar-refractivity contribution >= 4 is 34.4 Å². The standard InChI is InChI=1S/C16H22N2O6S.ClH/c1-17-9-11-6-7-18(10-11)25(21,22)14-8-12(15(19)23-2)4-5-13(14)16(20)24-3;/h4-5,8,11,17H,6-7,9-10H2,1-3H3;1H. The molecule has 1 aliphatic heterocycles. The van der Waals surface area contributed by atoms with Gasteiger partial charge in [0.1, 0.15) is 0 Å². The number of nitrogens with one attached hydrogen (secondary N) is 1. The molecule has 1 unspecified atom stereocenters. The predicted octanol–water partition coefficient (Wildman–Crippen LogP) is 0.912. The van der Waals surface area contributed by atoms with E-state index in [9.17, 15) is 18.0 Å². The molecule has 1 saturated heterocycles. The molecule has 0 radical (unpaired) electrons. The van der Waals surface area contributed by atoms with E-state index >= 15 is 0 Å². The monoisotopic (exact) mass is 406 g/mol. The number of halogens is 1. The number of carbonyl (C=O) groups excluding carboxylic acids is 2. The number of methoxy groups -OCH3 is 2. The van der Waals surface area contributed by atoms with Crippen LogP contribution in [0.15, 0.2) is 23.1 Å². The SMILES string of the molecule is CNCC1CCN(S(=O)(=O)c2cc(C(=O)OC)ccc2C(=O)OC)C1.Cl. The highest BCUT2D eigenvalue weighted by atomic mass is 35.5. The largest absolute Gasteiger partial charge is 0.465 e. The number of esters is 2. The zero-order valence-electron chi connectivity index (χ0n) is 14.9. The van der Waals surface area contributed by atoms with Gasteiger partial charge >= 0.3 is 11.9 Å². The van der Waals surface area contributed by atoms with Crippen LogP contribution < -0.4 is 5.32 Å². The van der Waals surface area contributed by atoms with Gasteiger partial charge in [0.15, 0.2) is 0 Å². The van der Waals surface area contributed by atoms with Gasteiger partial charge in [-0.25, -0.2) is 18.0 Å². The maximum Gasteiger partial charge on any atom is 0.339 e. The van der Waals surface area contributed by atoms with E-state index in [0.717, 1.165) is 6.42 Å². The van der Waals surface area contributed by atoms with Crippen molar-refractivity contribution in [1.82, 2.24) is 9.62 Å². The van der Waals surface area contributed by atoms with Crippen LogP contribution >= 0.6 is 12.4 Å². The molecule has 26 heavy (non-hydrogen) atoms. The molecule has 0 aromatic heterocycles. The minimum absolute atomic E-state index is 0. The summed E-state index contributed by atoms with van der Waals surface area (Å²) in [5, 5.41) is 3.04. The Bertz CT molecular complexity index is 768. The fourth-order valence-corrected chi connectivity index (χ4v) is 4.61. The second kappa shape index (κ2) is 9.31. The first-order valence-electron chi connectivity index (χ1n) is 7.80. The number of ether oxygens (including phenoxy) is 2. The van der Waals surface area contributed by atoms with Gasteiger partial charge in [-0.05, 0) is 44.1 Å². The van der Waals surface area contributed by atoms with Gasteiger partial charge in [0.2, 0.25) is 10.0 Å². The molecule has 1 aromatic carbocycles. The van der Waals surface area contributed by atoms with Crippen LogP contribution in [0, 0.1) is 5.92 Å². The molecule has 2 rings (SSSR count). The average molecular weight is 407 g/mol. The van der Waals surface area contributed by atoms with Gasteiger partial charge in [0, 0.05) is 13.1 Å². The van der Waals surface area contributed by atoms with Crippen molar-refractivity contribution < 1.29 is 27.5 Å². The molecule has 0 saturated carbocycles. The summed E-state index contributed by atoms with van der Waals surface area (Å²) in [5.74, 6) is -1.26. The Morgan fingerprint density at radius 1 is 1.23 bits per heavy atom. The predicted molar refractivity (Wildman–Crippen MR) is 97.2 cm³/mol. The third-order valence-electron chi connectivity index (χ3n) is 4.17.